The van der Waals surface area contributed by atoms with Crippen molar-refractivity contribution in [3.63, 3.8) is 0 Å². The number of anilines is 1. The van der Waals surface area contributed by atoms with E-state index in [-0.39, 0.29) is 6.04 Å². The average molecular weight is 150 g/mol. The predicted octanol–water partition coefficient (Wildman–Crippen LogP) is 1.16. The first-order valence-corrected chi connectivity index (χ1v) is 3.79. The predicted molar refractivity (Wildman–Crippen MR) is 48.2 cm³/mol. The topological polar surface area (TPSA) is 52.0 Å². The molecule has 60 valence electrons. The lowest BCUT2D eigenvalue weighted by molar-refractivity contribution is 0.739. The first-order valence-electron chi connectivity index (χ1n) is 3.79. The fraction of sp³-hybridized carbons (Fsp3) is 0.333. The maximum Gasteiger partial charge on any atom is 0.0347 e. The van der Waals surface area contributed by atoms with Crippen molar-refractivity contribution < 1.29 is 0 Å². The fourth-order valence-electron chi connectivity index (χ4n) is 1.07. The zero-order chi connectivity index (χ0) is 8.27. The van der Waals surface area contributed by atoms with Crippen LogP contribution in [-0.4, -0.2) is 6.04 Å². The molecule has 2 nitrogen and oxygen atoms in total. The fourth-order valence-corrected chi connectivity index (χ4v) is 1.07. The highest BCUT2D eigenvalue weighted by Crippen LogP contribution is 2.11. The van der Waals surface area contributed by atoms with E-state index in [0.29, 0.717) is 0 Å². The van der Waals surface area contributed by atoms with Crippen molar-refractivity contribution in [2.45, 2.75) is 19.4 Å². The van der Waals surface area contributed by atoms with Crippen LogP contribution in [0.25, 0.3) is 0 Å². The molecular weight excluding hydrogens is 136 g/mol. The minimum absolute atomic E-state index is 0.180. The van der Waals surface area contributed by atoms with Gasteiger partial charge in [0, 0.05) is 11.7 Å². The quantitative estimate of drug-likeness (QED) is 0.621. The molecule has 4 N–H and O–H groups in total. The molecule has 0 radical (unpaired) electrons. The van der Waals surface area contributed by atoms with Crippen LogP contribution >= 0.6 is 0 Å². The zero-order valence-corrected chi connectivity index (χ0v) is 6.75. The monoisotopic (exact) mass is 150 g/mol. The number of rotatable bonds is 2. The summed E-state index contributed by atoms with van der Waals surface area (Å²) in [4.78, 5) is 0. The van der Waals surface area contributed by atoms with Gasteiger partial charge in [0.1, 0.15) is 0 Å². The van der Waals surface area contributed by atoms with E-state index >= 15 is 0 Å². The smallest absolute Gasteiger partial charge is 0.0347 e. The minimum Gasteiger partial charge on any atom is -0.399 e. The molecular formula is C9H14N2. The Morgan fingerprint density at radius 3 is 2.55 bits per heavy atom. The maximum absolute atomic E-state index is 5.71. The SMILES string of the molecule is C[C@H](N)Cc1ccccc1N. The van der Waals surface area contributed by atoms with Gasteiger partial charge in [-0.15, -0.1) is 0 Å². The van der Waals surface area contributed by atoms with Gasteiger partial charge in [-0.25, -0.2) is 0 Å². The van der Waals surface area contributed by atoms with Crippen molar-refractivity contribution in [2.75, 3.05) is 5.73 Å². The molecule has 0 aliphatic heterocycles. The molecule has 1 aromatic rings. The van der Waals surface area contributed by atoms with Gasteiger partial charge in [0.2, 0.25) is 0 Å². The Bertz CT molecular complexity index is 231. The molecule has 1 rings (SSSR count). The van der Waals surface area contributed by atoms with Crippen LogP contribution in [0.15, 0.2) is 24.3 Å². The Labute approximate surface area is 67.2 Å². The maximum atomic E-state index is 5.71. The number of benzene rings is 1. The van der Waals surface area contributed by atoms with Crippen LogP contribution < -0.4 is 11.5 Å². The molecule has 0 spiro atoms. The second kappa shape index (κ2) is 3.39. The molecule has 0 saturated heterocycles. The van der Waals surface area contributed by atoms with Crippen molar-refractivity contribution in [3.8, 4) is 0 Å². The van der Waals surface area contributed by atoms with E-state index in [0.717, 1.165) is 17.7 Å². The second-order valence-corrected chi connectivity index (χ2v) is 2.88. The van der Waals surface area contributed by atoms with Crippen LogP contribution in [-0.2, 0) is 6.42 Å². The lowest BCUT2D eigenvalue weighted by Gasteiger charge is -2.06. The van der Waals surface area contributed by atoms with Crippen LogP contribution in [0.1, 0.15) is 12.5 Å². The molecule has 0 amide bonds. The lowest BCUT2D eigenvalue weighted by Crippen LogP contribution is -2.18. The third-order valence-corrected chi connectivity index (χ3v) is 1.60. The summed E-state index contributed by atoms with van der Waals surface area (Å²) in [5, 5.41) is 0. The van der Waals surface area contributed by atoms with Crippen molar-refractivity contribution in [1.29, 1.82) is 0 Å². The minimum atomic E-state index is 0.180. The molecule has 0 aliphatic carbocycles. The molecule has 0 heterocycles. The van der Waals surface area contributed by atoms with E-state index in [1.165, 1.54) is 0 Å². The van der Waals surface area contributed by atoms with Crippen LogP contribution in [0.4, 0.5) is 5.69 Å². The van der Waals surface area contributed by atoms with Crippen molar-refractivity contribution in [1.82, 2.24) is 0 Å². The molecule has 0 bridgehead atoms. The van der Waals surface area contributed by atoms with E-state index < -0.39 is 0 Å². The molecule has 0 aliphatic rings. The van der Waals surface area contributed by atoms with Gasteiger partial charge in [-0.3, -0.25) is 0 Å². The molecule has 0 unspecified atom stereocenters. The number of nitrogens with two attached hydrogens (primary N) is 2. The Balaban J connectivity index is 2.78. The summed E-state index contributed by atoms with van der Waals surface area (Å²) in [6.45, 7) is 1.98. The largest absolute Gasteiger partial charge is 0.399 e. The van der Waals surface area contributed by atoms with Crippen molar-refractivity contribution >= 4 is 5.69 Å². The summed E-state index contributed by atoms with van der Waals surface area (Å²) in [6.07, 6.45) is 0.854. The van der Waals surface area contributed by atoms with Gasteiger partial charge in [-0.05, 0) is 25.0 Å². The van der Waals surface area contributed by atoms with E-state index in [4.69, 9.17) is 11.5 Å². The van der Waals surface area contributed by atoms with Crippen molar-refractivity contribution in [2.24, 2.45) is 5.73 Å². The van der Waals surface area contributed by atoms with Gasteiger partial charge in [-0.2, -0.15) is 0 Å². The zero-order valence-electron chi connectivity index (χ0n) is 6.75. The van der Waals surface area contributed by atoms with Crippen LogP contribution in [0.2, 0.25) is 0 Å². The van der Waals surface area contributed by atoms with Crippen LogP contribution in [0.5, 0.6) is 0 Å². The Kier molecular flexibility index (Phi) is 2.49. The first kappa shape index (κ1) is 8.08. The summed E-state index contributed by atoms with van der Waals surface area (Å²) in [6, 6.07) is 8.00. The first-order chi connectivity index (χ1) is 5.20. The standard InChI is InChI=1S/C9H14N2/c1-7(10)6-8-4-2-3-5-9(8)11/h2-5,7H,6,10-11H2,1H3/t7-/m0/s1. The van der Waals surface area contributed by atoms with Gasteiger partial charge in [-0.1, -0.05) is 18.2 Å². The normalized spacial score (nSPS) is 12.9. The van der Waals surface area contributed by atoms with Gasteiger partial charge in [0.25, 0.3) is 0 Å². The van der Waals surface area contributed by atoms with E-state index in [2.05, 4.69) is 0 Å². The van der Waals surface area contributed by atoms with Gasteiger partial charge in [0.05, 0.1) is 0 Å². The summed E-state index contributed by atoms with van der Waals surface area (Å²) >= 11 is 0. The highest BCUT2D eigenvalue weighted by atomic mass is 14.6. The van der Waals surface area contributed by atoms with E-state index in [1.54, 1.807) is 0 Å². The Hall–Kier alpha value is -1.02. The van der Waals surface area contributed by atoms with E-state index in [1.807, 2.05) is 31.2 Å². The third-order valence-electron chi connectivity index (χ3n) is 1.60. The summed E-state index contributed by atoms with van der Waals surface area (Å²) in [5.41, 5.74) is 13.3. The van der Waals surface area contributed by atoms with Gasteiger partial charge >= 0.3 is 0 Å². The van der Waals surface area contributed by atoms with Gasteiger partial charge < -0.3 is 11.5 Å². The second-order valence-electron chi connectivity index (χ2n) is 2.88. The van der Waals surface area contributed by atoms with Crippen LogP contribution in [0.3, 0.4) is 0 Å². The van der Waals surface area contributed by atoms with Crippen LogP contribution in [0, 0.1) is 0 Å². The summed E-state index contributed by atoms with van der Waals surface area (Å²) < 4.78 is 0. The Morgan fingerprint density at radius 2 is 2.00 bits per heavy atom. The van der Waals surface area contributed by atoms with Crippen molar-refractivity contribution in [3.05, 3.63) is 29.8 Å². The highest BCUT2D eigenvalue weighted by molar-refractivity contribution is 5.46. The molecule has 1 aromatic carbocycles. The Morgan fingerprint density at radius 1 is 1.36 bits per heavy atom. The van der Waals surface area contributed by atoms with E-state index in [9.17, 15) is 0 Å². The number of hydrogen-bond donors (Lipinski definition) is 2. The summed E-state index contributed by atoms with van der Waals surface area (Å²) in [7, 11) is 0. The molecule has 11 heavy (non-hydrogen) atoms. The molecule has 1 atom stereocenters. The average Bonchev–Trinajstić information content (AvgIpc) is 1.93. The number of hydrogen-bond acceptors (Lipinski definition) is 2. The number of para-hydroxylation sites is 1. The molecule has 0 aromatic heterocycles. The lowest BCUT2D eigenvalue weighted by atomic mass is 10.1. The third kappa shape index (κ3) is 2.24. The van der Waals surface area contributed by atoms with Gasteiger partial charge in [0.15, 0.2) is 0 Å². The number of nitrogen functional groups attached to an aromatic ring is 1. The molecule has 0 saturated carbocycles. The molecule has 2 heteroatoms. The molecule has 0 fully saturated rings. The summed E-state index contributed by atoms with van der Waals surface area (Å²) in [5.74, 6) is 0. The highest BCUT2D eigenvalue weighted by Gasteiger charge is 1.99.